The van der Waals surface area contributed by atoms with Crippen LogP contribution in [0.2, 0.25) is 0 Å². The van der Waals surface area contributed by atoms with E-state index < -0.39 is 0 Å². The molecule has 2 fully saturated rings. The van der Waals surface area contributed by atoms with Crippen LogP contribution in [-0.4, -0.2) is 23.5 Å². The van der Waals surface area contributed by atoms with E-state index in [2.05, 4.69) is 24.5 Å². The minimum Gasteiger partial charge on any atom is -0.294 e. The third-order valence-corrected chi connectivity index (χ3v) is 3.46. The molecule has 0 spiro atoms. The highest BCUT2D eigenvalue weighted by Gasteiger charge is 2.38. The van der Waals surface area contributed by atoms with Gasteiger partial charge in [0.15, 0.2) is 0 Å². The summed E-state index contributed by atoms with van der Waals surface area (Å²) >= 11 is 0. The number of piperidine rings is 1. The van der Waals surface area contributed by atoms with Crippen molar-refractivity contribution in [3.8, 4) is 0 Å². The highest BCUT2D eigenvalue weighted by Crippen LogP contribution is 2.37. The molecule has 2 atom stereocenters. The Labute approximate surface area is 75.4 Å². The Morgan fingerprint density at radius 3 is 2.42 bits per heavy atom. The normalized spacial score (nSPS) is 41.6. The lowest BCUT2D eigenvalue weighted by atomic mass is 9.92. The fraction of sp³-hybridized carbons (Fsp3) is 0.818. The molecule has 2 aliphatic rings. The summed E-state index contributed by atoms with van der Waals surface area (Å²) in [4.78, 5) is 2.66. The van der Waals surface area contributed by atoms with Gasteiger partial charge < -0.3 is 0 Å². The summed E-state index contributed by atoms with van der Waals surface area (Å²) < 4.78 is 0. The second-order valence-corrected chi connectivity index (χ2v) is 4.45. The second kappa shape index (κ2) is 3.21. The molecule has 68 valence electrons. The number of hydrogen-bond acceptors (Lipinski definition) is 1. The lowest BCUT2D eigenvalue weighted by Crippen LogP contribution is -2.42. The molecule has 0 aliphatic carbocycles. The van der Waals surface area contributed by atoms with E-state index in [1.807, 2.05) is 0 Å². The maximum atomic E-state index is 3.83. The molecule has 2 unspecified atom stereocenters. The van der Waals surface area contributed by atoms with Crippen molar-refractivity contribution in [1.29, 1.82) is 0 Å². The van der Waals surface area contributed by atoms with Crippen LogP contribution in [0.1, 0.15) is 32.6 Å². The van der Waals surface area contributed by atoms with E-state index in [1.165, 1.54) is 25.7 Å². The maximum Gasteiger partial charge on any atom is 0.0166 e. The number of hydrogen-bond donors (Lipinski definition) is 0. The van der Waals surface area contributed by atoms with Gasteiger partial charge in [-0.2, -0.15) is 0 Å². The summed E-state index contributed by atoms with van der Waals surface area (Å²) in [5.74, 6) is 0.962. The molecule has 0 aromatic rings. The molecule has 2 bridgehead atoms. The van der Waals surface area contributed by atoms with Crippen molar-refractivity contribution < 1.29 is 0 Å². The van der Waals surface area contributed by atoms with Crippen LogP contribution in [0.5, 0.6) is 0 Å². The predicted molar refractivity (Wildman–Crippen MR) is 52.1 cm³/mol. The molecule has 0 radical (unpaired) electrons. The summed E-state index contributed by atoms with van der Waals surface area (Å²) in [5, 5.41) is 0. The van der Waals surface area contributed by atoms with Crippen LogP contribution in [0.4, 0.5) is 0 Å². The molecule has 0 N–H and O–H groups in total. The fourth-order valence-electron chi connectivity index (χ4n) is 2.99. The molecule has 0 amide bonds. The van der Waals surface area contributed by atoms with Crippen molar-refractivity contribution in [1.82, 2.24) is 4.90 Å². The minimum atomic E-state index is 0.886. The predicted octanol–water partition coefficient (Wildman–Crippen LogP) is 2.44. The van der Waals surface area contributed by atoms with E-state index in [0.717, 1.165) is 24.5 Å². The number of rotatable bonds is 2. The molecular weight excluding hydrogens is 146 g/mol. The second-order valence-electron chi connectivity index (χ2n) is 4.45. The quantitative estimate of drug-likeness (QED) is 0.568. The first-order valence-electron chi connectivity index (χ1n) is 5.18. The molecule has 0 aromatic carbocycles. The standard InChI is InChI=1S/C11H19N/c1-3-6-12-10-4-5-11(12)8-9(2)7-10/h3,9-11H,1,4-8H2,2H3. The first kappa shape index (κ1) is 8.31. The SMILES string of the molecule is C=CCN1C2CCC1CC(C)C2. The summed E-state index contributed by atoms with van der Waals surface area (Å²) in [7, 11) is 0. The Kier molecular flexibility index (Phi) is 2.22. The fourth-order valence-corrected chi connectivity index (χ4v) is 2.99. The molecular formula is C11H19N. The van der Waals surface area contributed by atoms with E-state index in [1.54, 1.807) is 0 Å². The van der Waals surface area contributed by atoms with Crippen LogP contribution in [0.15, 0.2) is 12.7 Å². The van der Waals surface area contributed by atoms with E-state index in [4.69, 9.17) is 0 Å². The van der Waals surface area contributed by atoms with E-state index in [-0.39, 0.29) is 0 Å². The van der Waals surface area contributed by atoms with Gasteiger partial charge in [-0.15, -0.1) is 6.58 Å². The van der Waals surface area contributed by atoms with Crippen molar-refractivity contribution in [2.45, 2.75) is 44.7 Å². The average molecular weight is 165 g/mol. The molecule has 1 nitrogen and oxygen atoms in total. The monoisotopic (exact) mass is 165 g/mol. The summed E-state index contributed by atoms with van der Waals surface area (Å²) in [6, 6.07) is 1.77. The topological polar surface area (TPSA) is 3.24 Å². The van der Waals surface area contributed by atoms with Crippen LogP contribution in [0.3, 0.4) is 0 Å². The largest absolute Gasteiger partial charge is 0.294 e. The van der Waals surface area contributed by atoms with Crippen LogP contribution in [0, 0.1) is 5.92 Å². The molecule has 2 heterocycles. The van der Waals surface area contributed by atoms with Crippen molar-refractivity contribution >= 4 is 0 Å². The molecule has 0 saturated carbocycles. The van der Waals surface area contributed by atoms with Crippen LogP contribution >= 0.6 is 0 Å². The zero-order valence-corrected chi connectivity index (χ0v) is 8.00. The van der Waals surface area contributed by atoms with E-state index in [0.29, 0.717) is 0 Å². The summed E-state index contributed by atoms with van der Waals surface area (Å²) in [6.45, 7) is 7.34. The lowest BCUT2D eigenvalue weighted by Gasteiger charge is -2.37. The Bertz CT molecular complexity index is 162. The number of fused-ring (bicyclic) bond motifs is 2. The highest BCUT2D eigenvalue weighted by atomic mass is 15.2. The maximum absolute atomic E-state index is 3.83. The van der Waals surface area contributed by atoms with Crippen molar-refractivity contribution in [3.05, 3.63) is 12.7 Å². The van der Waals surface area contributed by atoms with Crippen LogP contribution in [-0.2, 0) is 0 Å². The van der Waals surface area contributed by atoms with E-state index >= 15 is 0 Å². The first-order chi connectivity index (χ1) is 5.81. The third kappa shape index (κ3) is 1.31. The molecule has 2 saturated heterocycles. The van der Waals surface area contributed by atoms with Crippen molar-refractivity contribution in [3.63, 3.8) is 0 Å². The molecule has 2 aliphatic heterocycles. The van der Waals surface area contributed by atoms with Gasteiger partial charge in [-0.1, -0.05) is 13.0 Å². The van der Waals surface area contributed by atoms with Gasteiger partial charge >= 0.3 is 0 Å². The molecule has 2 rings (SSSR count). The first-order valence-corrected chi connectivity index (χ1v) is 5.18. The highest BCUT2D eigenvalue weighted by molar-refractivity contribution is 4.96. The van der Waals surface area contributed by atoms with Crippen LogP contribution < -0.4 is 0 Å². The van der Waals surface area contributed by atoms with Gasteiger partial charge in [-0.05, 0) is 31.6 Å². The lowest BCUT2D eigenvalue weighted by molar-refractivity contribution is 0.124. The Morgan fingerprint density at radius 2 is 1.92 bits per heavy atom. The van der Waals surface area contributed by atoms with Crippen molar-refractivity contribution in [2.75, 3.05) is 6.54 Å². The smallest absolute Gasteiger partial charge is 0.0166 e. The molecule has 0 aromatic heterocycles. The molecule has 1 heteroatoms. The van der Waals surface area contributed by atoms with Gasteiger partial charge in [0.1, 0.15) is 0 Å². The van der Waals surface area contributed by atoms with Crippen molar-refractivity contribution in [2.24, 2.45) is 5.92 Å². The average Bonchev–Trinajstić information content (AvgIpc) is 2.32. The van der Waals surface area contributed by atoms with Gasteiger partial charge in [-0.3, -0.25) is 4.90 Å². The Morgan fingerprint density at radius 1 is 1.33 bits per heavy atom. The Hall–Kier alpha value is -0.300. The van der Waals surface area contributed by atoms with Crippen LogP contribution in [0.25, 0.3) is 0 Å². The van der Waals surface area contributed by atoms with Gasteiger partial charge in [-0.25, -0.2) is 0 Å². The van der Waals surface area contributed by atoms with Gasteiger partial charge in [0.2, 0.25) is 0 Å². The van der Waals surface area contributed by atoms with Gasteiger partial charge in [0, 0.05) is 18.6 Å². The third-order valence-electron chi connectivity index (χ3n) is 3.46. The van der Waals surface area contributed by atoms with Gasteiger partial charge in [0.05, 0.1) is 0 Å². The summed E-state index contributed by atoms with van der Waals surface area (Å²) in [6.07, 6.45) is 7.77. The Balaban J connectivity index is 2.03. The number of nitrogens with zero attached hydrogens (tertiary/aromatic N) is 1. The van der Waals surface area contributed by atoms with Gasteiger partial charge in [0.25, 0.3) is 0 Å². The van der Waals surface area contributed by atoms with E-state index in [9.17, 15) is 0 Å². The zero-order valence-electron chi connectivity index (χ0n) is 8.00. The minimum absolute atomic E-state index is 0.886. The summed E-state index contributed by atoms with van der Waals surface area (Å²) in [5.41, 5.74) is 0. The zero-order chi connectivity index (χ0) is 8.55. The molecule has 12 heavy (non-hydrogen) atoms.